The highest BCUT2D eigenvalue weighted by Gasteiger charge is 2.18. The maximum absolute atomic E-state index is 13.4. The molecular formula is C26H23N3O5. The van der Waals surface area contributed by atoms with Crippen LogP contribution in [0.3, 0.4) is 0 Å². The van der Waals surface area contributed by atoms with Crippen molar-refractivity contribution in [3.8, 4) is 22.8 Å². The van der Waals surface area contributed by atoms with E-state index in [1.54, 1.807) is 6.07 Å². The summed E-state index contributed by atoms with van der Waals surface area (Å²) >= 11 is 0. The van der Waals surface area contributed by atoms with Crippen molar-refractivity contribution in [1.82, 2.24) is 4.98 Å². The van der Waals surface area contributed by atoms with Crippen molar-refractivity contribution in [2.75, 3.05) is 12.4 Å². The molecule has 34 heavy (non-hydrogen) atoms. The van der Waals surface area contributed by atoms with Gasteiger partial charge in [-0.3, -0.25) is 14.9 Å². The number of aromatic nitrogens is 1. The molecule has 1 heterocycles. The predicted octanol–water partition coefficient (Wildman–Crippen LogP) is 5.86. The van der Waals surface area contributed by atoms with Gasteiger partial charge in [0, 0.05) is 17.0 Å². The van der Waals surface area contributed by atoms with Crippen LogP contribution in [0.5, 0.6) is 11.5 Å². The third kappa shape index (κ3) is 4.80. The van der Waals surface area contributed by atoms with Crippen molar-refractivity contribution in [3.05, 3.63) is 88.5 Å². The number of nitrogens with one attached hydrogen (secondary N) is 1. The van der Waals surface area contributed by atoms with Gasteiger partial charge in [-0.25, -0.2) is 4.98 Å². The van der Waals surface area contributed by atoms with Crippen LogP contribution in [0.25, 0.3) is 22.2 Å². The van der Waals surface area contributed by atoms with Gasteiger partial charge in [0.05, 0.1) is 46.7 Å². The highest BCUT2D eigenvalue weighted by atomic mass is 16.6. The van der Waals surface area contributed by atoms with Gasteiger partial charge in [-0.15, -0.1) is 0 Å². The Hall–Kier alpha value is -4.46. The summed E-state index contributed by atoms with van der Waals surface area (Å²) in [6, 6.07) is 20.7. The lowest BCUT2D eigenvalue weighted by Gasteiger charge is -2.14. The van der Waals surface area contributed by atoms with Crippen LogP contribution in [0.1, 0.15) is 24.2 Å². The summed E-state index contributed by atoms with van der Waals surface area (Å²) < 4.78 is 11.1. The molecule has 1 aromatic heterocycles. The molecule has 8 nitrogen and oxygen atoms in total. The first-order valence-electron chi connectivity index (χ1n) is 10.7. The fourth-order valence-electron chi connectivity index (χ4n) is 3.60. The molecule has 0 bridgehead atoms. The van der Waals surface area contributed by atoms with E-state index in [0.29, 0.717) is 33.6 Å². The molecule has 0 aliphatic heterocycles. The van der Waals surface area contributed by atoms with Crippen molar-refractivity contribution < 1.29 is 19.2 Å². The number of pyridine rings is 1. The molecule has 0 atom stereocenters. The lowest BCUT2D eigenvalue weighted by molar-refractivity contribution is -0.384. The maximum atomic E-state index is 13.4. The molecule has 1 amide bonds. The zero-order chi connectivity index (χ0) is 24.2. The van der Waals surface area contributed by atoms with E-state index in [1.165, 1.54) is 25.3 Å². The number of nitro benzene ring substituents is 1. The third-order valence-electron chi connectivity index (χ3n) is 5.11. The van der Waals surface area contributed by atoms with E-state index in [9.17, 15) is 14.9 Å². The monoisotopic (exact) mass is 457 g/mol. The lowest BCUT2D eigenvalue weighted by Crippen LogP contribution is -2.14. The zero-order valence-electron chi connectivity index (χ0n) is 18.9. The van der Waals surface area contributed by atoms with Gasteiger partial charge < -0.3 is 14.8 Å². The number of non-ortho nitro benzene ring substituents is 1. The third-order valence-corrected chi connectivity index (χ3v) is 5.11. The minimum Gasteiger partial charge on any atom is -0.494 e. The number of ether oxygens (including phenoxy) is 2. The van der Waals surface area contributed by atoms with E-state index in [-0.39, 0.29) is 23.4 Å². The molecule has 3 aromatic carbocycles. The summed E-state index contributed by atoms with van der Waals surface area (Å²) in [5, 5.41) is 14.6. The molecule has 4 aromatic rings. The SMILES string of the molecule is COc1cc([N+](=O)[O-])ccc1NC(=O)c1cc(-c2cccc(OC(C)C)c2)nc2ccccc12. The van der Waals surface area contributed by atoms with Crippen molar-refractivity contribution in [3.63, 3.8) is 0 Å². The number of carbonyl (C=O) groups excluding carboxylic acids is 1. The highest BCUT2D eigenvalue weighted by molar-refractivity contribution is 6.13. The van der Waals surface area contributed by atoms with Gasteiger partial charge in [0.2, 0.25) is 0 Å². The highest BCUT2D eigenvalue weighted by Crippen LogP contribution is 2.31. The minimum absolute atomic E-state index is 0.0258. The molecule has 8 heteroatoms. The molecule has 0 saturated heterocycles. The number of hydrogen-bond acceptors (Lipinski definition) is 6. The van der Waals surface area contributed by atoms with E-state index >= 15 is 0 Å². The van der Waals surface area contributed by atoms with Gasteiger partial charge >= 0.3 is 0 Å². The number of anilines is 1. The number of methoxy groups -OCH3 is 1. The summed E-state index contributed by atoms with van der Waals surface area (Å²) in [7, 11) is 1.39. The minimum atomic E-state index is -0.520. The topological polar surface area (TPSA) is 104 Å². The number of fused-ring (bicyclic) bond motifs is 1. The number of rotatable bonds is 7. The number of nitro groups is 1. The number of nitrogens with zero attached hydrogens (tertiary/aromatic N) is 2. The van der Waals surface area contributed by atoms with Crippen LogP contribution in [-0.2, 0) is 0 Å². The first-order chi connectivity index (χ1) is 16.4. The van der Waals surface area contributed by atoms with Crippen LogP contribution in [0.2, 0.25) is 0 Å². The number of hydrogen-bond donors (Lipinski definition) is 1. The average molecular weight is 457 g/mol. The van der Waals surface area contributed by atoms with E-state index in [1.807, 2.05) is 62.4 Å². The van der Waals surface area contributed by atoms with Crippen molar-refractivity contribution in [2.24, 2.45) is 0 Å². The number of benzene rings is 3. The Labute approximate surface area is 196 Å². The Kier molecular flexibility index (Phi) is 6.40. The van der Waals surface area contributed by atoms with Gasteiger partial charge in [0.1, 0.15) is 11.5 Å². The predicted molar refractivity (Wildman–Crippen MR) is 131 cm³/mol. The molecule has 0 aliphatic rings. The second-order valence-electron chi connectivity index (χ2n) is 7.86. The molecule has 0 saturated carbocycles. The van der Waals surface area contributed by atoms with Crippen LogP contribution in [-0.4, -0.2) is 29.0 Å². The summed E-state index contributed by atoms with van der Waals surface area (Å²) in [5.41, 5.74) is 2.70. The average Bonchev–Trinajstić information content (AvgIpc) is 2.83. The summed E-state index contributed by atoms with van der Waals surface area (Å²) in [6.07, 6.45) is 0.0258. The first kappa shape index (κ1) is 22.7. The smallest absolute Gasteiger partial charge is 0.273 e. The largest absolute Gasteiger partial charge is 0.494 e. The second-order valence-corrected chi connectivity index (χ2v) is 7.86. The summed E-state index contributed by atoms with van der Waals surface area (Å²) in [4.78, 5) is 28.7. The number of amides is 1. The Bertz CT molecular complexity index is 1380. The lowest BCUT2D eigenvalue weighted by atomic mass is 10.0. The van der Waals surface area contributed by atoms with E-state index in [2.05, 4.69) is 5.32 Å². The second kappa shape index (κ2) is 9.58. The molecule has 172 valence electrons. The molecule has 0 radical (unpaired) electrons. The van der Waals surface area contributed by atoms with Crippen LogP contribution in [0.15, 0.2) is 72.8 Å². The Morgan fingerprint density at radius 1 is 1.03 bits per heavy atom. The quantitative estimate of drug-likeness (QED) is 0.275. The molecule has 0 spiro atoms. The first-order valence-corrected chi connectivity index (χ1v) is 10.7. The fraction of sp³-hybridized carbons (Fsp3) is 0.154. The van der Waals surface area contributed by atoms with Gasteiger partial charge in [0.25, 0.3) is 11.6 Å². The Morgan fingerprint density at radius 3 is 2.56 bits per heavy atom. The fourth-order valence-corrected chi connectivity index (χ4v) is 3.60. The molecule has 0 aliphatic carbocycles. The van der Waals surface area contributed by atoms with E-state index < -0.39 is 4.92 Å². The molecular weight excluding hydrogens is 434 g/mol. The van der Waals surface area contributed by atoms with Gasteiger partial charge in [-0.05, 0) is 44.2 Å². The van der Waals surface area contributed by atoms with Gasteiger partial charge in [-0.2, -0.15) is 0 Å². The zero-order valence-corrected chi connectivity index (χ0v) is 18.9. The van der Waals surface area contributed by atoms with Gasteiger partial charge in [-0.1, -0.05) is 30.3 Å². The maximum Gasteiger partial charge on any atom is 0.273 e. The molecule has 4 rings (SSSR count). The van der Waals surface area contributed by atoms with Crippen molar-refractivity contribution in [1.29, 1.82) is 0 Å². The number of para-hydroxylation sites is 1. The molecule has 0 unspecified atom stereocenters. The van der Waals surface area contributed by atoms with Gasteiger partial charge in [0.15, 0.2) is 0 Å². The standard InChI is InChI=1S/C26H23N3O5/c1-16(2)34-19-8-6-7-17(13-19)24-15-21(20-9-4-5-10-22(20)27-24)26(30)28-23-12-11-18(29(31)32)14-25(23)33-3/h4-16H,1-3H3,(H,28,30). The number of carbonyl (C=O) groups is 1. The van der Waals surface area contributed by atoms with Crippen LogP contribution < -0.4 is 14.8 Å². The summed E-state index contributed by atoms with van der Waals surface area (Å²) in [5.74, 6) is 0.519. The normalized spacial score (nSPS) is 10.8. The van der Waals surface area contributed by atoms with Crippen LogP contribution >= 0.6 is 0 Å². The van der Waals surface area contributed by atoms with Crippen LogP contribution in [0.4, 0.5) is 11.4 Å². The van der Waals surface area contributed by atoms with Crippen LogP contribution in [0, 0.1) is 10.1 Å². The Balaban J connectivity index is 1.76. The molecule has 1 N–H and O–H groups in total. The molecule has 0 fully saturated rings. The Morgan fingerprint density at radius 2 is 1.82 bits per heavy atom. The van der Waals surface area contributed by atoms with Crippen molar-refractivity contribution >= 4 is 28.2 Å². The van der Waals surface area contributed by atoms with Crippen molar-refractivity contribution in [2.45, 2.75) is 20.0 Å². The summed E-state index contributed by atoms with van der Waals surface area (Å²) in [6.45, 7) is 3.91. The van der Waals surface area contributed by atoms with E-state index in [0.717, 1.165) is 5.56 Å². The van der Waals surface area contributed by atoms with E-state index in [4.69, 9.17) is 14.5 Å².